The largest absolute Gasteiger partial charge is 0.468 e. The van der Waals surface area contributed by atoms with Gasteiger partial charge < -0.3 is 4.74 Å². The molecule has 0 aliphatic rings. The summed E-state index contributed by atoms with van der Waals surface area (Å²) in [4.78, 5) is 9.88. The van der Waals surface area contributed by atoms with E-state index in [0.717, 1.165) is 6.42 Å². The first-order valence-corrected chi connectivity index (χ1v) is 7.12. The van der Waals surface area contributed by atoms with Gasteiger partial charge in [-0.1, -0.05) is 57.6 Å². The first-order valence-electron chi connectivity index (χ1n) is 7.12. The molecule has 0 saturated carbocycles. The second kappa shape index (κ2) is 15.2. The Balaban J connectivity index is 2.98. The molecule has 0 aromatic heterocycles. The number of hydrogen-bond donors (Lipinski definition) is 0. The third-order valence-electron chi connectivity index (χ3n) is 2.84. The predicted molar refractivity (Wildman–Crippen MR) is 73.0 cm³/mol. The number of allylic oxidation sites excluding steroid dienone is 2. The van der Waals surface area contributed by atoms with Gasteiger partial charge in [0.1, 0.15) is 0 Å². The topological polar surface area (TPSA) is 26.3 Å². The predicted octanol–water partition coefficient (Wildman–Crippen LogP) is 4.64. The molecule has 0 bridgehead atoms. The van der Waals surface area contributed by atoms with Gasteiger partial charge in [0.25, 0.3) is 6.47 Å². The van der Waals surface area contributed by atoms with E-state index in [0.29, 0.717) is 13.1 Å². The van der Waals surface area contributed by atoms with Gasteiger partial charge >= 0.3 is 0 Å². The van der Waals surface area contributed by atoms with Crippen LogP contribution in [0.1, 0.15) is 71.1 Å². The van der Waals surface area contributed by atoms with Gasteiger partial charge in [-0.2, -0.15) is 0 Å². The molecule has 2 nitrogen and oxygen atoms in total. The van der Waals surface area contributed by atoms with Crippen LogP contribution < -0.4 is 0 Å². The fourth-order valence-corrected chi connectivity index (χ4v) is 1.76. The molecule has 0 N–H and O–H groups in total. The van der Waals surface area contributed by atoms with Crippen LogP contribution in [0.3, 0.4) is 0 Å². The Kier molecular flexibility index (Phi) is 14.5. The monoisotopic (exact) mass is 240 g/mol. The van der Waals surface area contributed by atoms with Crippen molar-refractivity contribution in [1.29, 1.82) is 0 Å². The van der Waals surface area contributed by atoms with Gasteiger partial charge in [-0.3, -0.25) is 4.79 Å². The Hall–Kier alpha value is -0.790. The molecular weight excluding hydrogens is 212 g/mol. The summed E-state index contributed by atoms with van der Waals surface area (Å²) >= 11 is 0. The third kappa shape index (κ3) is 15.2. The van der Waals surface area contributed by atoms with Gasteiger partial charge in [0.15, 0.2) is 0 Å². The second-order valence-electron chi connectivity index (χ2n) is 4.49. The quantitative estimate of drug-likeness (QED) is 0.266. The SMILES string of the molecule is CCCC/C=C\CCCCCCCCOC=O. The Bertz CT molecular complexity index is 176. The lowest BCUT2D eigenvalue weighted by Gasteiger charge is -2.00. The van der Waals surface area contributed by atoms with Crippen molar-refractivity contribution in [3.63, 3.8) is 0 Å². The number of hydrogen-bond acceptors (Lipinski definition) is 2. The molecule has 100 valence electrons. The zero-order chi connectivity index (χ0) is 12.6. The Morgan fingerprint density at radius 1 is 0.824 bits per heavy atom. The molecule has 0 radical (unpaired) electrons. The third-order valence-corrected chi connectivity index (χ3v) is 2.84. The van der Waals surface area contributed by atoms with Crippen LogP contribution in [0.2, 0.25) is 0 Å². The van der Waals surface area contributed by atoms with Crippen LogP contribution >= 0.6 is 0 Å². The van der Waals surface area contributed by atoms with Crippen LogP contribution in [0, 0.1) is 0 Å². The highest BCUT2D eigenvalue weighted by Gasteiger charge is 1.91. The van der Waals surface area contributed by atoms with Crippen LogP contribution in [0.25, 0.3) is 0 Å². The number of ether oxygens (including phenoxy) is 1. The molecule has 0 aromatic carbocycles. The van der Waals surface area contributed by atoms with Gasteiger partial charge in [-0.15, -0.1) is 0 Å². The highest BCUT2D eigenvalue weighted by molar-refractivity contribution is 5.36. The Morgan fingerprint density at radius 3 is 2.06 bits per heavy atom. The highest BCUT2D eigenvalue weighted by Crippen LogP contribution is 2.08. The number of rotatable bonds is 13. The molecule has 0 aromatic rings. The minimum absolute atomic E-state index is 0.533. The Morgan fingerprint density at radius 2 is 1.41 bits per heavy atom. The number of unbranched alkanes of at least 4 members (excludes halogenated alkanes) is 8. The van der Waals surface area contributed by atoms with Crippen LogP contribution in [0.15, 0.2) is 12.2 Å². The van der Waals surface area contributed by atoms with Crippen molar-refractivity contribution < 1.29 is 9.53 Å². The first kappa shape index (κ1) is 16.2. The molecule has 0 rings (SSSR count). The minimum Gasteiger partial charge on any atom is -0.468 e. The molecule has 17 heavy (non-hydrogen) atoms. The van der Waals surface area contributed by atoms with E-state index < -0.39 is 0 Å². The van der Waals surface area contributed by atoms with Crippen molar-refractivity contribution in [1.82, 2.24) is 0 Å². The molecule has 0 spiro atoms. The van der Waals surface area contributed by atoms with Gasteiger partial charge in [-0.05, 0) is 25.7 Å². The van der Waals surface area contributed by atoms with E-state index >= 15 is 0 Å². The highest BCUT2D eigenvalue weighted by atomic mass is 16.5. The second-order valence-corrected chi connectivity index (χ2v) is 4.49. The van der Waals surface area contributed by atoms with E-state index in [9.17, 15) is 4.79 Å². The fourth-order valence-electron chi connectivity index (χ4n) is 1.76. The standard InChI is InChI=1S/C15H28O2/c1-2-3-4-5-6-7-8-9-10-11-12-13-14-17-15-16/h5-6,15H,2-4,7-14H2,1H3/b6-5-. The lowest BCUT2D eigenvalue weighted by Crippen LogP contribution is -1.91. The summed E-state index contributed by atoms with van der Waals surface area (Å²) < 4.78 is 4.64. The molecule has 0 atom stereocenters. The summed E-state index contributed by atoms with van der Waals surface area (Å²) in [7, 11) is 0. The van der Waals surface area contributed by atoms with E-state index in [1.807, 2.05) is 0 Å². The molecular formula is C15H28O2. The number of carbonyl (C=O) groups is 1. The van der Waals surface area contributed by atoms with E-state index in [4.69, 9.17) is 0 Å². The maximum absolute atomic E-state index is 9.88. The number of carbonyl (C=O) groups excluding carboxylic acids is 1. The zero-order valence-corrected chi connectivity index (χ0v) is 11.3. The molecule has 2 heteroatoms. The van der Waals surface area contributed by atoms with Crippen LogP contribution in [-0.2, 0) is 9.53 Å². The molecule has 0 aliphatic carbocycles. The average molecular weight is 240 g/mol. The molecule has 0 fully saturated rings. The summed E-state index contributed by atoms with van der Waals surface area (Å²) in [6.07, 6.45) is 17.1. The van der Waals surface area contributed by atoms with Crippen molar-refractivity contribution in [2.75, 3.05) is 6.61 Å². The maximum Gasteiger partial charge on any atom is 0.293 e. The van der Waals surface area contributed by atoms with E-state index in [2.05, 4.69) is 23.8 Å². The van der Waals surface area contributed by atoms with Crippen molar-refractivity contribution in [2.24, 2.45) is 0 Å². The molecule has 0 saturated heterocycles. The molecule has 0 heterocycles. The molecule has 0 aliphatic heterocycles. The normalized spacial score (nSPS) is 10.9. The van der Waals surface area contributed by atoms with Gasteiger partial charge in [0.05, 0.1) is 6.61 Å². The van der Waals surface area contributed by atoms with E-state index in [1.165, 1.54) is 57.8 Å². The lowest BCUT2D eigenvalue weighted by atomic mass is 10.1. The fraction of sp³-hybridized carbons (Fsp3) is 0.800. The van der Waals surface area contributed by atoms with Crippen molar-refractivity contribution in [3.8, 4) is 0 Å². The summed E-state index contributed by atoms with van der Waals surface area (Å²) in [6, 6.07) is 0. The molecule has 0 amide bonds. The van der Waals surface area contributed by atoms with Crippen molar-refractivity contribution >= 4 is 6.47 Å². The summed E-state index contributed by atoms with van der Waals surface area (Å²) in [5.74, 6) is 0. The minimum atomic E-state index is 0.533. The zero-order valence-electron chi connectivity index (χ0n) is 11.3. The van der Waals surface area contributed by atoms with Crippen LogP contribution in [0.4, 0.5) is 0 Å². The van der Waals surface area contributed by atoms with Crippen LogP contribution in [-0.4, -0.2) is 13.1 Å². The average Bonchev–Trinajstić information content (AvgIpc) is 2.35. The van der Waals surface area contributed by atoms with Gasteiger partial charge in [0.2, 0.25) is 0 Å². The van der Waals surface area contributed by atoms with E-state index in [-0.39, 0.29) is 0 Å². The summed E-state index contributed by atoms with van der Waals surface area (Å²) in [6.45, 7) is 3.35. The summed E-state index contributed by atoms with van der Waals surface area (Å²) in [5, 5.41) is 0. The van der Waals surface area contributed by atoms with Gasteiger partial charge in [0, 0.05) is 0 Å². The van der Waals surface area contributed by atoms with Gasteiger partial charge in [-0.25, -0.2) is 0 Å². The Labute approximate surface area is 106 Å². The summed E-state index contributed by atoms with van der Waals surface area (Å²) in [5.41, 5.74) is 0. The van der Waals surface area contributed by atoms with Crippen LogP contribution in [0.5, 0.6) is 0 Å². The van der Waals surface area contributed by atoms with E-state index in [1.54, 1.807) is 0 Å². The lowest BCUT2D eigenvalue weighted by molar-refractivity contribution is -0.128. The smallest absolute Gasteiger partial charge is 0.293 e. The van der Waals surface area contributed by atoms with Crippen molar-refractivity contribution in [3.05, 3.63) is 12.2 Å². The molecule has 0 unspecified atom stereocenters. The van der Waals surface area contributed by atoms with Crippen molar-refractivity contribution in [2.45, 2.75) is 71.1 Å². The first-order chi connectivity index (χ1) is 8.41. The maximum atomic E-state index is 9.88.